The van der Waals surface area contributed by atoms with Crippen molar-refractivity contribution < 1.29 is 24.2 Å². The third-order valence-corrected chi connectivity index (χ3v) is 6.80. The predicted molar refractivity (Wildman–Crippen MR) is 121 cm³/mol. The van der Waals surface area contributed by atoms with Gasteiger partial charge in [-0.05, 0) is 31.5 Å². The SMILES string of the molecule is CCCN1C(=O)COc2ccc(C(=O)C(C)Sc3nc4scc(C(=O)O)c4c(=O)[nH]3)cc21. The first-order valence-corrected chi connectivity index (χ1v) is 11.6. The van der Waals surface area contributed by atoms with Crippen LogP contribution in [-0.2, 0) is 4.79 Å². The first-order chi connectivity index (χ1) is 15.3. The van der Waals surface area contributed by atoms with Crippen LogP contribution in [0.5, 0.6) is 5.75 Å². The maximum atomic E-state index is 13.1. The molecule has 166 valence electrons. The molecule has 1 unspecified atom stereocenters. The van der Waals surface area contributed by atoms with E-state index in [0.717, 1.165) is 29.5 Å². The molecule has 0 bridgehead atoms. The molecule has 9 nitrogen and oxygen atoms in total. The lowest BCUT2D eigenvalue weighted by molar-refractivity contribution is -0.121. The minimum absolute atomic E-state index is 0.0274. The van der Waals surface area contributed by atoms with Gasteiger partial charge in [-0.15, -0.1) is 11.3 Å². The molecule has 3 aromatic rings. The second kappa shape index (κ2) is 8.75. The molecular formula is C21H19N3O6S2. The van der Waals surface area contributed by atoms with Crippen LogP contribution < -0.4 is 15.2 Å². The predicted octanol–water partition coefficient (Wildman–Crippen LogP) is 3.18. The highest BCUT2D eigenvalue weighted by Crippen LogP contribution is 2.34. The van der Waals surface area contributed by atoms with Gasteiger partial charge in [0.25, 0.3) is 11.5 Å². The van der Waals surface area contributed by atoms with E-state index < -0.39 is 16.8 Å². The summed E-state index contributed by atoms with van der Waals surface area (Å²) in [5, 5.41) is 10.2. The molecule has 0 spiro atoms. The number of anilines is 1. The molecule has 1 aliphatic rings. The molecule has 11 heteroatoms. The normalized spacial score (nSPS) is 14.2. The number of aromatic nitrogens is 2. The van der Waals surface area contributed by atoms with Gasteiger partial charge in [-0.25, -0.2) is 9.78 Å². The molecule has 0 saturated carbocycles. The van der Waals surface area contributed by atoms with Crippen LogP contribution in [0.25, 0.3) is 10.2 Å². The number of nitrogens with one attached hydrogen (secondary N) is 1. The Morgan fingerprint density at radius 3 is 2.88 bits per heavy atom. The number of fused-ring (bicyclic) bond motifs is 2. The Labute approximate surface area is 190 Å². The van der Waals surface area contributed by atoms with E-state index in [1.807, 2.05) is 6.92 Å². The second-order valence-corrected chi connectivity index (χ2v) is 9.33. The minimum Gasteiger partial charge on any atom is -0.482 e. The number of thiophene rings is 1. The molecule has 3 heterocycles. The van der Waals surface area contributed by atoms with Crippen LogP contribution in [0.15, 0.2) is 33.5 Å². The van der Waals surface area contributed by atoms with Crippen molar-refractivity contribution in [2.75, 3.05) is 18.1 Å². The van der Waals surface area contributed by atoms with Crippen LogP contribution in [0.4, 0.5) is 5.69 Å². The number of carboxylic acid groups (broad SMARTS) is 1. The Morgan fingerprint density at radius 1 is 1.38 bits per heavy atom. The number of hydrogen-bond acceptors (Lipinski definition) is 8. The summed E-state index contributed by atoms with van der Waals surface area (Å²) in [6, 6.07) is 4.98. The number of H-pyrrole nitrogens is 1. The Kier molecular flexibility index (Phi) is 6.02. The number of carboxylic acids is 1. The topological polar surface area (TPSA) is 130 Å². The number of rotatable bonds is 7. The smallest absolute Gasteiger partial charge is 0.337 e. The largest absolute Gasteiger partial charge is 0.482 e. The van der Waals surface area contributed by atoms with E-state index in [-0.39, 0.29) is 34.4 Å². The maximum Gasteiger partial charge on any atom is 0.337 e. The van der Waals surface area contributed by atoms with Crippen LogP contribution in [0, 0.1) is 0 Å². The molecule has 2 aromatic heterocycles. The summed E-state index contributed by atoms with van der Waals surface area (Å²) in [5.74, 6) is -0.997. The number of benzene rings is 1. The number of aromatic carboxylic acids is 1. The van der Waals surface area contributed by atoms with Gasteiger partial charge >= 0.3 is 5.97 Å². The van der Waals surface area contributed by atoms with Gasteiger partial charge in [0.1, 0.15) is 10.6 Å². The standard InChI is InChI=1S/C21H19N3O6S2/c1-3-6-24-13-7-11(4-5-14(13)30-8-15(24)25)17(26)10(2)32-21-22-18(27)16-12(20(28)29)9-31-19(16)23-21/h4-5,7,9-10H,3,6,8H2,1-2H3,(H,28,29)(H,22,23,27). The first-order valence-electron chi connectivity index (χ1n) is 9.83. The van der Waals surface area contributed by atoms with Crippen LogP contribution in [0.2, 0.25) is 0 Å². The number of hydrogen-bond donors (Lipinski definition) is 2. The Bertz CT molecular complexity index is 1300. The number of ketones is 1. The number of aromatic amines is 1. The molecule has 1 aromatic carbocycles. The van der Waals surface area contributed by atoms with Crippen LogP contribution >= 0.6 is 23.1 Å². The highest BCUT2D eigenvalue weighted by Gasteiger charge is 2.27. The van der Waals surface area contributed by atoms with Crippen molar-refractivity contribution in [3.8, 4) is 5.75 Å². The fourth-order valence-corrected chi connectivity index (χ4v) is 5.27. The van der Waals surface area contributed by atoms with Crippen LogP contribution in [0.1, 0.15) is 41.0 Å². The summed E-state index contributed by atoms with van der Waals surface area (Å²) in [6.07, 6.45) is 0.767. The molecule has 0 saturated heterocycles. The van der Waals surface area contributed by atoms with Crippen LogP contribution in [0.3, 0.4) is 0 Å². The molecule has 0 fully saturated rings. The minimum atomic E-state index is -1.19. The lowest BCUT2D eigenvalue weighted by atomic mass is 10.1. The summed E-state index contributed by atoms with van der Waals surface area (Å²) < 4.78 is 5.48. The van der Waals surface area contributed by atoms with Crippen molar-refractivity contribution in [3.05, 3.63) is 45.1 Å². The second-order valence-electron chi connectivity index (χ2n) is 7.15. The number of ether oxygens (including phenoxy) is 1. The van der Waals surface area contributed by atoms with Crippen molar-refractivity contribution in [2.45, 2.75) is 30.7 Å². The number of nitrogens with zero attached hydrogens (tertiary/aromatic N) is 2. The first kappa shape index (κ1) is 22.0. The van der Waals surface area contributed by atoms with E-state index in [0.29, 0.717) is 28.4 Å². The van der Waals surface area contributed by atoms with Gasteiger partial charge in [-0.1, -0.05) is 18.7 Å². The molecule has 32 heavy (non-hydrogen) atoms. The average molecular weight is 474 g/mol. The molecule has 0 radical (unpaired) electrons. The van der Waals surface area contributed by atoms with Gasteiger partial charge in [0, 0.05) is 17.5 Å². The van der Waals surface area contributed by atoms with E-state index >= 15 is 0 Å². The highest BCUT2D eigenvalue weighted by molar-refractivity contribution is 8.00. The Balaban J connectivity index is 1.59. The number of carbonyl (C=O) groups excluding carboxylic acids is 2. The van der Waals surface area contributed by atoms with E-state index in [4.69, 9.17) is 4.74 Å². The zero-order valence-electron chi connectivity index (χ0n) is 17.2. The van der Waals surface area contributed by atoms with Gasteiger partial charge in [-0.3, -0.25) is 14.4 Å². The fraction of sp³-hybridized carbons (Fsp3) is 0.286. The number of amides is 1. The molecule has 4 rings (SSSR count). The Hall–Kier alpha value is -3.18. The third kappa shape index (κ3) is 4.00. The third-order valence-electron chi connectivity index (χ3n) is 4.94. The average Bonchev–Trinajstić information content (AvgIpc) is 3.20. The van der Waals surface area contributed by atoms with Gasteiger partial charge < -0.3 is 19.7 Å². The van der Waals surface area contributed by atoms with Crippen LogP contribution in [-0.4, -0.2) is 51.1 Å². The monoisotopic (exact) mass is 473 g/mol. The zero-order valence-corrected chi connectivity index (χ0v) is 18.8. The molecule has 1 aliphatic heterocycles. The molecule has 0 aliphatic carbocycles. The van der Waals surface area contributed by atoms with Crippen molar-refractivity contribution in [3.63, 3.8) is 0 Å². The molecule has 2 N–H and O–H groups in total. The van der Waals surface area contributed by atoms with Crippen molar-refractivity contribution in [1.29, 1.82) is 0 Å². The summed E-state index contributed by atoms with van der Waals surface area (Å²) in [4.78, 5) is 57.7. The summed E-state index contributed by atoms with van der Waals surface area (Å²) in [7, 11) is 0. The van der Waals surface area contributed by atoms with Gasteiger partial charge in [0.15, 0.2) is 17.5 Å². The lowest BCUT2D eigenvalue weighted by Gasteiger charge is -2.29. The fourth-order valence-electron chi connectivity index (χ4n) is 3.42. The summed E-state index contributed by atoms with van der Waals surface area (Å²) in [5.41, 5.74) is 0.326. The van der Waals surface area contributed by atoms with E-state index in [1.165, 1.54) is 5.38 Å². The summed E-state index contributed by atoms with van der Waals surface area (Å²) in [6.45, 7) is 4.16. The summed E-state index contributed by atoms with van der Waals surface area (Å²) >= 11 is 2.13. The molecular weight excluding hydrogens is 454 g/mol. The molecule has 1 atom stereocenters. The lowest BCUT2D eigenvalue weighted by Crippen LogP contribution is -2.39. The van der Waals surface area contributed by atoms with Gasteiger partial charge in [0.05, 0.1) is 21.9 Å². The zero-order chi connectivity index (χ0) is 23.0. The van der Waals surface area contributed by atoms with Crippen molar-refractivity contribution >= 4 is 56.7 Å². The quantitative estimate of drug-likeness (QED) is 0.304. The van der Waals surface area contributed by atoms with E-state index in [9.17, 15) is 24.3 Å². The Morgan fingerprint density at radius 2 is 2.16 bits per heavy atom. The number of Topliss-reactive ketones (excluding diaryl/α,β-unsaturated/α-hetero) is 1. The van der Waals surface area contributed by atoms with E-state index in [2.05, 4.69) is 9.97 Å². The number of thioether (sulfide) groups is 1. The molecule has 1 amide bonds. The number of carbonyl (C=O) groups is 3. The van der Waals surface area contributed by atoms with Gasteiger partial charge in [-0.2, -0.15) is 0 Å². The van der Waals surface area contributed by atoms with Gasteiger partial charge in [0.2, 0.25) is 0 Å². The highest BCUT2D eigenvalue weighted by atomic mass is 32.2. The van der Waals surface area contributed by atoms with Crippen molar-refractivity contribution in [1.82, 2.24) is 9.97 Å². The van der Waals surface area contributed by atoms with E-state index in [1.54, 1.807) is 30.0 Å². The maximum absolute atomic E-state index is 13.1. The van der Waals surface area contributed by atoms with Crippen molar-refractivity contribution in [2.24, 2.45) is 0 Å².